The van der Waals surface area contributed by atoms with E-state index in [9.17, 15) is 0 Å². The third-order valence-corrected chi connectivity index (χ3v) is 44.3. The van der Waals surface area contributed by atoms with Crippen LogP contribution < -0.4 is 5.19 Å². The van der Waals surface area contributed by atoms with Crippen LogP contribution in [0.2, 0.25) is 55.2 Å². The number of nitrogens with zero attached hydrogens (tertiary/aromatic N) is 1. The molecule has 0 radical (unpaired) electrons. The fourth-order valence-electron chi connectivity index (χ4n) is 14.4. The fourth-order valence-corrected chi connectivity index (χ4v) is 54.9. The Hall–Kier alpha value is -0.0475. The van der Waals surface area contributed by atoms with Gasteiger partial charge in [0.2, 0.25) is 0 Å². The van der Waals surface area contributed by atoms with Crippen LogP contribution in [0.1, 0.15) is 159 Å². The molecule has 0 spiro atoms. The lowest BCUT2D eigenvalue weighted by molar-refractivity contribution is -0.0555. The van der Waals surface area contributed by atoms with E-state index in [0.717, 1.165) is 35.7 Å². The third-order valence-electron chi connectivity index (χ3n) is 15.8. The van der Waals surface area contributed by atoms with E-state index in [-0.39, 0.29) is 0 Å². The standard InChI is InChI=1S/C42H74BNSi4/c1-29(2)35-24-38(30(3)4)40(39(25-35)31(5)6)45(43-36-15-13-16-37(43)18-14-17-36)46-42(47(7,8)9,48(10,11)12)19-20-44(46)41-26-32-21-33(27-41)23-34(22-32)28-41/h24-25,29-34,36-37H,13-23,26-28H2,1-12H3/b46-45-. The Morgan fingerprint density at radius 1 is 0.708 bits per heavy atom. The molecule has 7 fully saturated rings. The van der Waals surface area contributed by atoms with Gasteiger partial charge in [-0.3, -0.25) is 0 Å². The zero-order valence-electron chi connectivity index (χ0n) is 33.7. The van der Waals surface area contributed by atoms with Crippen molar-refractivity contribution in [2.45, 2.75) is 204 Å². The van der Waals surface area contributed by atoms with Crippen LogP contribution in [0.15, 0.2) is 12.1 Å². The van der Waals surface area contributed by atoms with Gasteiger partial charge in [-0.15, -0.1) is 0 Å². The van der Waals surface area contributed by atoms with E-state index in [0.29, 0.717) is 27.6 Å². The Balaban J connectivity index is 1.63. The average molecular weight is 716 g/mol. The Kier molecular flexibility index (Phi) is 9.70. The largest absolute Gasteiger partial charge is 0.405 e. The molecule has 0 unspecified atom stereocenters. The molecule has 0 atom stereocenters. The molecule has 0 aromatic heterocycles. The summed E-state index contributed by atoms with van der Waals surface area (Å²) in [5.74, 6) is 6.98. The van der Waals surface area contributed by atoms with Crippen molar-refractivity contribution in [1.29, 1.82) is 0 Å². The van der Waals surface area contributed by atoms with E-state index < -0.39 is 32.0 Å². The first-order chi connectivity index (χ1) is 22.5. The molecule has 6 heteroatoms. The molecule has 3 aliphatic heterocycles. The van der Waals surface area contributed by atoms with Crippen molar-refractivity contribution >= 4 is 43.5 Å². The maximum absolute atomic E-state index is 3.63. The van der Waals surface area contributed by atoms with Crippen LogP contribution >= 0.6 is 0 Å². The van der Waals surface area contributed by atoms with Crippen LogP contribution in [0.3, 0.4) is 0 Å². The van der Waals surface area contributed by atoms with Crippen LogP contribution in [0, 0.1) is 17.8 Å². The van der Waals surface area contributed by atoms with Crippen molar-refractivity contribution < 1.29 is 0 Å². The van der Waals surface area contributed by atoms with Crippen LogP contribution in [-0.4, -0.2) is 54.9 Å². The van der Waals surface area contributed by atoms with Crippen molar-refractivity contribution in [3.05, 3.63) is 28.8 Å². The summed E-state index contributed by atoms with van der Waals surface area (Å²) < 4.78 is 4.30. The van der Waals surface area contributed by atoms with Gasteiger partial charge in [0.15, 0.2) is 6.31 Å². The lowest BCUT2D eigenvalue weighted by atomic mass is 9.42. The van der Waals surface area contributed by atoms with E-state index in [1.54, 1.807) is 76.2 Å². The highest BCUT2D eigenvalue weighted by atomic mass is 28.9. The van der Waals surface area contributed by atoms with E-state index in [1.165, 1.54) is 19.4 Å². The Morgan fingerprint density at radius 2 is 1.15 bits per heavy atom. The summed E-state index contributed by atoms with van der Waals surface area (Å²) in [6.45, 7) is 34.1. The molecule has 3 saturated heterocycles. The first kappa shape index (κ1) is 36.3. The molecule has 1 aromatic carbocycles. The summed E-state index contributed by atoms with van der Waals surface area (Å²) in [5, 5.41) is 2.06. The van der Waals surface area contributed by atoms with Crippen molar-refractivity contribution in [1.82, 2.24) is 4.57 Å². The van der Waals surface area contributed by atoms with Gasteiger partial charge < -0.3 is 4.57 Å². The highest BCUT2D eigenvalue weighted by molar-refractivity contribution is 7.41. The molecule has 48 heavy (non-hydrogen) atoms. The highest BCUT2D eigenvalue weighted by Gasteiger charge is 2.65. The third kappa shape index (κ3) is 5.76. The lowest BCUT2D eigenvalue weighted by Gasteiger charge is -2.63. The van der Waals surface area contributed by atoms with Crippen LogP contribution in [0.4, 0.5) is 0 Å². The zero-order valence-corrected chi connectivity index (χ0v) is 37.7. The Labute approximate surface area is 303 Å². The fraction of sp³-hybridized carbons (Fsp3) is 0.857. The van der Waals surface area contributed by atoms with Gasteiger partial charge in [0.05, 0.1) is 24.2 Å². The summed E-state index contributed by atoms with van der Waals surface area (Å²) in [6.07, 6.45) is 21.3. The second-order valence-corrected chi connectivity index (χ2v) is 41.0. The first-order valence-corrected chi connectivity index (χ1v) is 32.2. The van der Waals surface area contributed by atoms with Crippen LogP contribution in [-0.2, 0) is 0 Å². The monoisotopic (exact) mass is 715 g/mol. The molecule has 1 nitrogen and oxygen atoms in total. The van der Waals surface area contributed by atoms with Crippen LogP contribution in [0.25, 0.3) is 0 Å². The maximum atomic E-state index is 3.63. The molecule has 3 heterocycles. The summed E-state index contributed by atoms with van der Waals surface area (Å²) >= 11 is 0. The molecular formula is C42H74BNSi4. The van der Waals surface area contributed by atoms with Gasteiger partial charge in [-0.1, -0.05) is 143 Å². The van der Waals surface area contributed by atoms with Gasteiger partial charge in [-0.25, -0.2) is 0 Å². The predicted molar refractivity (Wildman–Crippen MR) is 222 cm³/mol. The molecule has 8 rings (SSSR count). The summed E-state index contributed by atoms with van der Waals surface area (Å²) in [7, 11) is -4.80. The van der Waals surface area contributed by atoms with Gasteiger partial charge in [0.25, 0.3) is 0 Å². The van der Waals surface area contributed by atoms with Gasteiger partial charge >= 0.3 is 0 Å². The molecular weight excluding hydrogens is 642 g/mol. The van der Waals surface area contributed by atoms with Crippen LogP contribution in [0.5, 0.6) is 0 Å². The normalized spacial score (nSPS) is 34.3. The van der Waals surface area contributed by atoms with Crippen molar-refractivity contribution in [2.75, 3.05) is 6.54 Å². The molecule has 0 N–H and O–H groups in total. The molecule has 0 amide bonds. The highest BCUT2D eigenvalue weighted by Crippen LogP contribution is 2.63. The maximum Gasteiger partial charge on any atom is 0.161 e. The van der Waals surface area contributed by atoms with Gasteiger partial charge in [0.1, 0.15) is 0 Å². The topological polar surface area (TPSA) is 3.24 Å². The van der Waals surface area contributed by atoms with Gasteiger partial charge in [0, 0.05) is 19.8 Å². The number of benzene rings is 1. The molecule has 266 valence electrons. The Morgan fingerprint density at radius 3 is 1.52 bits per heavy atom. The smallest absolute Gasteiger partial charge is 0.161 e. The molecule has 4 saturated carbocycles. The quantitative estimate of drug-likeness (QED) is 0.242. The minimum Gasteiger partial charge on any atom is -0.405 e. The molecule has 7 aliphatic rings. The zero-order chi connectivity index (χ0) is 34.6. The predicted octanol–water partition coefficient (Wildman–Crippen LogP) is 11.7. The molecule has 4 aliphatic carbocycles. The van der Waals surface area contributed by atoms with E-state index in [4.69, 9.17) is 0 Å². The number of rotatable bonds is 8. The summed E-state index contributed by atoms with van der Waals surface area (Å²) in [5.41, 5.74) is 5.84. The van der Waals surface area contributed by atoms with E-state index in [2.05, 4.69) is 103 Å². The first-order valence-electron chi connectivity index (χ1n) is 21.2. The van der Waals surface area contributed by atoms with Crippen molar-refractivity contribution in [3.63, 3.8) is 0 Å². The van der Waals surface area contributed by atoms with Gasteiger partial charge in [-0.05, 0) is 107 Å². The summed E-state index contributed by atoms with van der Waals surface area (Å²) in [4.78, 5) is 0. The molecule has 1 aromatic rings. The second kappa shape index (κ2) is 12.8. The second-order valence-electron chi connectivity index (χ2n) is 21.7. The molecule has 6 bridgehead atoms. The average Bonchev–Trinajstić information content (AvgIpc) is 3.39. The Bertz CT molecular complexity index is 1310. The van der Waals surface area contributed by atoms with Gasteiger partial charge in [-0.2, -0.15) is 0 Å². The van der Waals surface area contributed by atoms with Crippen molar-refractivity contribution in [3.8, 4) is 0 Å². The number of hydrogen-bond donors (Lipinski definition) is 0. The number of fused-ring (bicyclic) bond motifs is 2. The van der Waals surface area contributed by atoms with E-state index in [1.807, 2.05) is 11.1 Å². The SMILES string of the molecule is CC(C)c1cc(C(C)C)c(/[Si](B2C3CCCC2CCC3)=[Si]2/N(C34CC5CC(CC(C5)C3)C4)CCC2([Si](C)(C)C)[Si](C)(C)C)c(C(C)C)c1. The summed E-state index contributed by atoms with van der Waals surface area (Å²) in [6, 6.07) is 5.61. The number of hydrogen-bond acceptors (Lipinski definition) is 1. The van der Waals surface area contributed by atoms with Crippen molar-refractivity contribution in [2.24, 2.45) is 17.8 Å². The lowest BCUT2D eigenvalue weighted by Crippen LogP contribution is -2.70. The van der Waals surface area contributed by atoms with E-state index >= 15 is 0 Å². The minimum atomic E-state index is -1.55. The minimum absolute atomic E-state index is 0.553.